The molecule has 0 saturated carbocycles. The van der Waals surface area contributed by atoms with Crippen LogP contribution in [0.15, 0.2) is 35.2 Å². The van der Waals surface area contributed by atoms with Gasteiger partial charge < -0.3 is 14.3 Å². The molecule has 1 amide bonds. The molecular weight excluding hydrogens is 368 g/mol. The van der Waals surface area contributed by atoms with Crippen molar-refractivity contribution in [2.45, 2.75) is 32.7 Å². The number of carbonyl (C=O) groups excluding carboxylic acids is 1. The lowest BCUT2D eigenvalue weighted by Gasteiger charge is -2.26. The van der Waals surface area contributed by atoms with E-state index < -0.39 is 0 Å². The Morgan fingerprint density at radius 3 is 2.66 bits per heavy atom. The first-order valence-electron chi connectivity index (χ1n) is 9.66. The summed E-state index contributed by atoms with van der Waals surface area (Å²) in [7, 11) is 3.80. The third-order valence-corrected chi connectivity index (χ3v) is 5.36. The molecule has 0 bridgehead atoms. The minimum Gasteiger partial charge on any atom is -0.356 e. The standard InChI is InChI=1S/C21H24N6O2/c1-13-14(2)25-29-19(13)16-12-23-21(26(3)4)24-18(16)17-6-5-11-27(17)20(28)15-7-9-22-10-8-15/h7-10,12,17H,5-6,11H2,1-4H3. The number of aromatic nitrogens is 4. The Balaban J connectivity index is 1.80. The van der Waals surface area contributed by atoms with Gasteiger partial charge >= 0.3 is 0 Å². The first kappa shape index (κ1) is 19.0. The highest BCUT2D eigenvalue weighted by molar-refractivity contribution is 5.94. The summed E-state index contributed by atoms with van der Waals surface area (Å²) in [6.07, 6.45) is 6.80. The van der Waals surface area contributed by atoms with Gasteiger partial charge in [-0.3, -0.25) is 9.78 Å². The van der Waals surface area contributed by atoms with Gasteiger partial charge in [0, 0.05) is 50.4 Å². The van der Waals surface area contributed by atoms with E-state index in [9.17, 15) is 4.79 Å². The smallest absolute Gasteiger partial charge is 0.254 e. The van der Waals surface area contributed by atoms with Crippen LogP contribution in [0.3, 0.4) is 0 Å². The maximum absolute atomic E-state index is 13.2. The number of anilines is 1. The predicted octanol–water partition coefficient (Wildman–Crippen LogP) is 3.19. The van der Waals surface area contributed by atoms with Crippen LogP contribution in [0.1, 0.15) is 46.2 Å². The molecule has 1 aliphatic heterocycles. The summed E-state index contributed by atoms with van der Waals surface area (Å²) in [6, 6.07) is 3.33. The van der Waals surface area contributed by atoms with Crippen LogP contribution in [0.2, 0.25) is 0 Å². The lowest BCUT2D eigenvalue weighted by molar-refractivity contribution is 0.0733. The van der Waals surface area contributed by atoms with E-state index in [-0.39, 0.29) is 11.9 Å². The maximum atomic E-state index is 13.2. The third-order valence-electron chi connectivity index (χ3n) is 5.36. The number of rotatable bonds is 4. The number of amides is 1. The van der Waals surface area contributed by atoms with Crippen molar-refractivity contribution >= 4 is 11.9 Å². The second kappa shape index (κ2) is 7.62. The van der Waals surface area contributed by atoms with Gasteiger partial charge in [0.25, 0.3) is 5.91 Å². The van der Waals surface area contributed by atoms with Gasteiger partial charge in [0.15, 0.2) is 5.76 Å². The Morgan fingerprint density at radius 1 is 1.24 bits per heavy atom. The summed E-state index contributed by atoms with van der Waals surface area (Å²) in [5, 5.41) is 4.09. The summed E-state index contributed by atoms with van der Waals surface area (Å²) in [5.74, 6) is 1.24. The first-order valence-corrected chi connectivity index (χ1v) is 9.66. The second-order valence-corrected chi connectivity index (χ2v) is 7.48. The number of hydrogen-bond acceptors (Lipinski definition) is 7. The van der Waals surface area contributed by atoms with E-state index in [0.29, 0.717) is 23.8 Å². The monoisotopic (exact) mass is 392 g/mol. The molecule has 1 aliphatic rings. The number of likely N-dealkylation sites (tertiary alicyclic amines) is 1. The van der Waals surface area contributed by atoms with Gasteiger partial charge in [-0.05, 0) is 38.8 Å². The Kier molecular flexibility index (Phi) is 5.00. The minimum atomic E-state index is -0.155. The van der Waals surface area contributed by atoms with Crippen molar-refractivity contribution in [3.05, 3.63) is 53.2 Å². The van der Waals surface area contributed by atoms with Crippen molar-refractivity contribution in [3.8, 4) is 11.3 Å². The molecule has 0 radical (unpaired) electrons. The average Bonchev–Trinajstić information content (AvgIpc) is 3.35. The fourth-order valence-electron chi connectivity index (χ4n) is 3.65. The van der Waals surface area contributed by atoms with Crippen LogP contribution >= 0.6 is 0 Å². The van der Waals surface area contributed by atoms with Gasteiger partial charge in [0.05, 0.1) is 23.0 Å². The van der Waals surface area contributed by atoms with Crippen LogP contribution in [-0.4, -0.2) is 51.6 Å². The summed E-state index contributed by atoms with van der Waals surface area (Å²) in [6.45, 7) is 4.56. The average molecular weight is 392 g/mol. The van der Waals surface area contributed by atoms with Crippen LogP contribution in [0.25, 0.3) is 11.3 Å². The van der Waals surface area contributed by atoms with Crippen LogP contribution in [0.5, 0.6) is 0 Å². The minimum absolute atomic E-state index is 0.0173. The number of nitrogens with zero attached hydrogens (tertiary/aromatic N) is 6. The van der Waals surface area contributed by atoms with Crippen molar-refractivity contribution in [1.29, 1.82) is 0 Å². The van der Waals surface area contributed by atoms with Gasteiger partial charge in [-0.1, -0.05) is 5.16 Å². The second-order valence-electron chi connectivity index (χ2n) is 7.48. The number of hydrogen-bond donors (Lipinski definition) is 0. The molecule has 1 saturated heterocycles. The molecule has 0 aliphatic carbocycles. The van der Waals surface area contributed by atoms with E-state index in [1.807, 2.05) is 37.7 Å². The van der Waals surface area contributed by atoms with E-state index in [2.05, 4.69) is 15.1 Å². The molecule has 1 atom stereocenters. The normalized spacial score (nSPS) is 16.3. The molecule has 1 unspecified atom stereocenters. The molecule has 8 nitrogen and oxygen atoms in total. The fourth-order valence-corrected chi connectivity index (χ4v) is 3.65. The summed E-state index contributed by atoms with van der Waals surface area (Å²) in [4.78, 5) is 30.2. The Bertz CT molecular complexity index is 1030. The predicted molar refractivity (Wildman–Crippen MR) is 109 cm³/mol. The first-order chi connectivity index (χ1) is 14.0. The van der Waals surface area contributed by atoms with E-state index in [4.69, 9.17) is 9.51 Å². The van der Waals surface area contributed by atoms with Gasteiger partial charge in [-0.25, -0.2) is 9.97 Å². The van der Waals surface area contributed by atoms with Crippen LogP contribution in [-0.2, 0) is 0 Å². The molecule has 3 aromatic heterocycles. The van der Waals surface area contributed by atoms with Crippen LogP contribution < -0.4 is 4.90 Å². The van der Waals surface area contributed by atoms with Crippen LogP contribution in [0, 0.1) is 13.8 Å². The highest BCUT2D eigenvalue weighted by atomic mass is 16.5. The molecule has 1 fully saturated rings. The van der Waals surface area contributed by atoms with Crippen molar-refractivity contribution in [1.82, 2.24) is 25.0 Å². The number of carbonyl (C=O) groups is 1. The molecular formula is C21H24N6O2. The molecule has 0 aromatic carbocycles. The number of aryl methyl sites for hydroxylation is 1. The lowest BCUT2D eigenvalue weighted by atomic mass is 10.0. The third kappa shape index (κ3) is 3.46. The number of pyridine rings is 1. The molecule has 8 heteroatoms. The van der Waals surface area contributed by atoms with E-state index >= 15 is 0 Å². The Morgan fingerprint density at radius 2 is 2.00 bits per heavy atom. The molecule has 29 heavy (non-hydrogen) atoms. The van der Waals surface area contributed by atoms with Crippen molar-refractivity contribution in [3.63, 3.8) is 0 Å². The van der Waals surface area contributed by atoms with Crippen molar-refractivity contribution in [2.75, 3.05) is 25.5 Å². The fraction of sp³-hybridized carbons (Fsp3) is 0.381. The zero-order valence-corrected chi connectivity index (χ0v) is 17.1. The van der Waals surface area contributed by atoms with Gasteiger partial charge in [-0.15, -0.1) is 0 Å². The Labute approximate surface area is 169 Å². The highest BCUT2D eigenvalue weighted by Gasteiger charge is 2.35. The van der Waals surface area contributed by atoms with Crippen LogP contribution in [0.4, 0.5) is 5.95 Å². The lowest BCUT2D eigenvalue weighted by Crippen LogP contribution is -2.31. The summed E-state index contributed by atoms with van der Waals surface area (Å²) in [5.41, 5.74) is 3.99. The molecule has 150 valence electrons. The SMILES string of the molecule is Cc1noc(-c2cnc(N(C)C)nc2C2CCCN2C(=O)c2ccncc2)c1C. The van der Waals surface area contributed by atoms with E-state index in [0.717, 1.165) is 35.4 Å². The highest BCUT2D eigenvalue weighted by Crippen LogP contribution is 2.39. The molecule has 0 N–H and O–H groups in total. The maximum Gasteiger partial charge on any atom is 0.254 e. The van der Waals surface area contributed by atoms with Gasteiger partial charge in [0.1, 0.15) is 0 Å². The van der Waals surface area contributed by atoms with Gasteiger partial charge in [-0.2, -0.15) is 0 Å². The molecule has 4 rings (SSSR count). The van der Waals surface area contributed by atoms with E-state index in [1.165, 1.54) is 0 Å². The van der Waals surface area contributed by atoms with Crippen molar-refractivity contribution in [2.24, 2.45) is 0 Å². The summed E-state index contributed by atoms with van der Waals surface area (Å²) >= 11 is 0. The molecule has 3 aromatic rings. The largest absolute Gasteiger partial charge is 0.356 e. The molecule has 0 spiro atoms. The zero-order valence-electron chi connectivity index (χ0n) is 17.1. The summed E-state index contributed by atoms with van der Waals surface area (Å²) < 4.78 is 5.61. The van der Waals surface area contributed by atoms with Crippen molar-refractivity contribution < 1.29 is 9.32 Å². The zero-order chi connectivity index (χ0) is 20.5. The Hall–Kier alpha value is -3.29. The topological polar surface area (TPSA) is 88.3 Å². The molecule has 4 heterocycles. The van der Waals surface area contributed by atoms with E-state index in [1.54, 1.807) is 30.7 Å². The van der Waals surface area contributed by atoms with Gasteiger partial charge in [0.2, 0.25) is 5.95 Å². The quantitative estimate of drug-likeness (QED) is 0.674.